The molecule has 0 bridgehead atoms. The number of hydrazine groups is 1. The summed E-state index contributed by atoms with van der Waals surface area (Å²) in [4.78, 5) is 20.1. The summed E-state index contributed by atoms with van der Waals surface area (Å²) in [6.45, 7) is 0. The van der Waals surface area contributed by atoms with Crippen LogP contribution in [0.15, 0.2) is 59.4 Å². The minimum Gasteiger partial charge on any atom is -0.490 e. The number of ether oxygens (including phenoxy) is 1. The summed E-state index contributed by atoms with van der Waals surface area (Å²) < 4.78 is 11.1. The molecule has 1 amide bonds. The maximum absolute atomic E-state index is 12.0. The van der Waals surface area contributed by atoms with Crippen molar-refractivity contribution in [2.24, 2.45) is 0 Å². The smallest absolute Gasteiger partial charge is 0.340 e. The first-order valence-corrected chi connectivity index (χ1v) is 9.51. The molecule has 29 heavy (non-hydrogen) atoms. The molecule has 1 aliphatic carbocycles. The van der Waals surface area contributed by atoms with Crippen LogP contribution in [0.2, 0.25) is 0 Å². The predicted molar refractivity (Wildman–Crippen MR) is 108 cm³/mol. The van der Waals surface area contributed by atoms with Gasteiger partial charge in [-0.25, -0.2) is 5.43 Å². The number of amides is 1. The maximum atomic E-state index is 12.0. The van der Waals surface area contributed by atoms with Crippen molar-refractivity contribution < 1.29 is 14.1 Å². The summed E-state index contributed by atoms with van der Waals surface area (Å²) in [6, 6.07) is 11.3. The lowest BCUT2D eigenvalue weighted by molar-refractivity contribution is -0.116. The number of carbonyl (C=O) groups excluding carboxylic acids is 1. The van der Waals surface area contributed by atoms with E-state index in [9.17, 15) is 4.79 Å². The first-order valence-electron chi connectivity index (χ1n) is 9.51. The third kappa shape index (κ3) is 5.19. The predicted octanol–water partition coefficient (Wildman–Crippen LogP) is 3.61. The van der Waals surface area contributed by atoms with Gasteiger partial charge in [0.2, 0.25) is 5.82 Å². The van der Waals surface area contributed by atoms with E-state index >= 15 is 0 Å². The van der Waals surface area contributed by atoms with E-state index in [2.05, 4.69) is 26.0 Å². The van der Waals surface area contributed by atoms with Crippen LogP contribution in [0.1, 0.15) is 31.2 Å². The van der Waals surface area contributed by atoms with Crippen LogP contribution < -0.4 is 15.6 Å². The number of benzene rings is 1. The number of rotatable bonds is 7. The van der Waals surface area contributed by atoms with Crippen LogP contribution in [-0.4, -0.2) is 27.1 Å². The quantitative estimate of drug-likeness (QED) is 0.468. The number of pyridine rings is 1. The van der Waals surface area contributed by atoms with Gasteiger partial charge in [0, 0.05) is 24.0 Å². The van der Waals surface area contributed by atoms with Gasteiger partial charge in [-0.2, -0.15) is 4.98 Å². The summed E-state index contributed by atoms with van der Waals surface area (Å²) in [7, 11) is 0. The molecule has 0 spiro atoms. The summed E-state index contributed by atoms with van der Waals surface area (Å²) in [5, 5.41) is 3.85. The zero-order chi connectivity index (χ0) is 19.9. The molecule has 1 aliphatic rings. The Hall–Kier alpha value is -3.68. The van der Waals surface area contributed by atoms with Crippen molar-refractivity contribution in [3.05, 3.63) is 60.4 Å². The van der Waals surface area contributed by atoms with Crippen molar-refractivity contribution in [1.82, 2.24) is 20.6 Å². The van der Waals surface area contributed by atoms with Crippen LogP contribution >= 0.6 is 0 Å². The Kier molecular flexibility index (Phi) is 5.80. The molecular formula is C21H21N5O3. The van der Waals surface area contributed by atoms with Crippen LogP contribution in [-0.2, 0) is 4.79 Å². The Labute approximate surface area is 168 Å². The van der Waals surface area contributed by atoms with Crippen LogP contribution in [0.4, 0.5) is 6.01 Å². The highest BCUT2D eigenvalue weighted by Gasteiger charge is 2.16. The fourth-order valence-electron chi connectivity index (χ4n) is 3.11. The van der Waals surface area contributed by atoms with E-state index in [0.717, 1.165) is 29.7 Å². The molecule has 1 aromatic carbocycles. The van der Waals surface area contributed by atoms with Gasteiger partial charge in [0.15, 0.2) is 0 Å². The van der Waals surface area contributed by atoms with E-state index in [1.807, 2.05) is 24.3 Å². The van der Waals surface area contributed by atoms with E-state index in [4.69, 9.17) is 9.26 Å². The lowest BCUT2D eigenvalue weighted by Gasteiger charge is -2.13. The van der Waals surface area contributed by atoms with Crippen LogP contribution in [0.25, 0.3) is 17.5 Å². The van der Waals surface area contributed by atoms with E-state index in [1.54, 1.807) is 30.6 Å². The van der Waals surface area contributed by atoms with Crippen molar-refractivity contribution in [3.8, 4) is 17.1 Å². The number of aromatic nitrogens is 3. The molecule has 2 heterocycles. The summed E-state index contributed by atoms with van der Waals surface area (Å²) >= 11 is 0. The van der Waals surface area contributed by atoms with Gasteiger partial charge in [-0.3, -0.25) is 15.2 Å². The Morgan fingerprint density at radius 2 is 2.00 bits per heavy atom. The molecule has 3 aromatic rings. The number of hydrogen-bond donors (Lipinski definition) is 2. The second-order valence-electron chi connectivity index (χ2n) is 6.70. The molecule has 0 saturated heterocycles. The second-order valence-corrected chi connectivity index (χ2v) is 6.70. The van der Waals surface area contributed by atoms with Crippen LogP contribution in [0.5, 0.6) is 5.75 Å². The number of nitrogens with one attached hydrogen (secondary N) is 2. The van der Waals surface area contributed by atoms with Gasteiger partial charge in [-0.05, 0) is 61.6 Å². The molecular weight excluding hydrogens is 370 g/mol. The fraction of sp³-hybridized carbons (Fsp3) is 0.238. The molecule has 4 rings (SSSR count). The Morgan fingerprint density at radius 1 is 1.17 bits per heavy atom. The molecule has 8 nitrogen and oxygen atoms in total. The Morgan fingerprint density at radius 3 is 2.83 bits per heavy atom. The van der Waals surface area contributed by atoms with Crippen LogP contribution in [0.3, 0.4) is 0 Å². The van der Waals surface area contributed by atoms with Gasteiger partial charge in [-0.1, -0.05) is 17.3 Å². The molecule has 0 radical (unpaired) electrons. The normalized spacial score (nSPS) is 14.2. The minimum atomic E-state index is -0.351. The van der Waals surface area contributed by atoms with E-state index < -0.39 is 0 Å². The lowest BCUT2D eigenvalue weighted by Crippen LogP contribution is -2.27. The zero-order valence-corrected chi connectivity index (χ0v) is 15.7. The van der Waals surface area contributed by atoms with Crippen molar-refractivity contribution in [2.75, 3.05) is 5.43 Å². The third-order valence-electron chi connectivity index (χ3n) is 4.55. The number of anilines is 1. The highest BCUT2D eigenvalue weighted by molar-refractivity contribution is 5.92. The molecule has 148 valence electrons. The van der Waals surface area contributed by atoms with Gasteiger partial charge in [-0.15, -0.1) is 0 Å². The van der Waals surface area contributed by atoms with Crippen molar-refractivity contribution in [3.63, 3.8) is 0 Å². The fourth-order valence-corrected chi connectivity index (χ4v) is 3.11. The molecule has 0 atom stereocenters. The molecule has 0 aliphatic heterocycles. The number of hydrogen-bond acceptors (Lipinski definition) is 7. The van der Waals surface area contributed by atoms with Gasteiger partial charge in [0.25, 0.3) is 5.91 Å². The van der Waals surface area contributed by atoms with Gasteiger partial charge in [0.05, 0.1) is 6.10 Å². The topological polar surface area (TPSA) is 102 Å². The molecule has 2 N–H and O–H groups in total. The van der Waals surface area contributed by atoms with Crippen molar-refractivity contribution >= 4 is 18.0 Å². The van der Waals surface area contributed by atoms with E-state index in [-0.39, 0.29) is 11.9 Å². The molecule has 8 heteroatoms. The lowest BCUT2D eigenvalue weighted by atomic mass is 10.2. The largest absolute Gasteiger partial charge is 0.490 e. The highest BCUT2D eigenvalue weighted by atomic mass is 16.5. The molecule has 2 aromatic heterocycles. The third-order valence-corrected chi connectivity index (χ3v) is 4.55. The standard InChI is InChI=1S/C21H21N5O3/c27-19(24-25-21-23-20(26-29-21)16-10-12-22-13-11-16)9-8-15-4-3-7-18(14-15)28-17-5-1-2-6-17/h3-4,7-14,17H,1-2,5-6H2,(H,24,27)(H,23,25,26). The first-order chi connectivity index (χ1) is 14.3. The summed E-state index contributed by atoms with van der Waals surface area (Å²) in [6.07, 6.45) is 11.4. The van der Waals surface area contributed by atoms with Crippen molar-refractivity contribution in [1.29, 1.82) is 0 Å². The van der Waals surface area contributed by atoms with E-state index in [0.29, 0.717) is 11.9 Å². The molecule has 0 unspecified atom stereocenters. The summed E-state index contributed by atoms with van der Waals surface area (Å²) in [5.41, 5.74) is 6.74. The minimum absolute atomic E-state index is 0.0884. The first kappa shape index (κ1) is 18.7. The average Bonchev–Trinajstić information content (AvgIpc) is 3.44. The van der Waals surface area contributed by atoms with Crippen LogP contribution in [0, 0.1) is 0 Å². The van der Waals surface area contributed by atoms with Gasteiger partial charge in [0.1, 0.15) is 5.75 Å². The molecule has 1 saturated carbocycles. The Bertz CT molecular complexity index is 981. The van der Waals surface area contributed by atoms with Gasteiger partial charge >= 0.3 is 6.01 Å². The highest BCUT2D eigenvalue weighted by Crippen LogP contribution is 2.24. The number of nitrogens with zero attached hydrogens (tertiary/aromatic N) is 3. The maximum Gasteiger partial charge on any atom is 0.340 e. The monoisotopic (exact) mass is 391 g/mol. The van der Waals surface area contributed by atoms with Gasteiger partial charge < -0.3 is 9.26 Å². The summed E-state index contributed by atoms with van der Waals surface area (Å²) in [5.74, 6) is 0.877. The van der Waals surface area contributed by atoms with E-state index in [1.165, 1.54) is 18.9 Å². The Balaban J connectivity index is 1.29. The average molecular weight is 391 g/mol. The zero-order valence-electron chi connectivity index (χ0n) is 15.7. The number of carbonyl (C=O) groups is 1. The molecule has 1 fully saturated rings. The van der Waals surface area contributed by atoms with Crippen molar-refractivity contribution in [2.45, 2.75) is 31.8 Å². The second kappa shape index (κ2) is 9.01. The SMILES string of the molecule is O=C(C=Cc1cccc(OC2CCCC2)c1)NNc1nc(-c2ccncc2)no1.